The SMILES string of the molecule is Cc1ccc(C)c(S(=O)(=O)c2nnn3c2nc(Nc2ccc(C)c(Cl)c2)c2ccccc23)c1. The number of rotatable bonds is 4. The van der Waals surface area contributed by atoms with Crippen LogP contribution in [-0.4, -0.2) is 28.2 Å². The minimum Gasteiger partial charge on any atom is -0.340 e. The van der Waals surface area contributed by atoms with Crippen molar-refractivity contribution in [2.75, 3.05) is 5.32 Å². The Morgan fingerprint density at radius 1 is 0.939 bits per heavy atom. The molecule has 0 aliphatic carbocycles. The van der Waals surface area contributed by atoms with E-state index in [2.05, 4.69) is 20.6 Å². The highest BCUT2D eigenvalue weighted by atomic mass is 35.5. The van der Waals surface area contributed by atoms with Crippen LogP contribution in [0.5, 0.6) is 0 Å². The van der Waals surface area contributed by atoms with Crippen LogP contribution in [-0.2, 0) is 9.84 Å². The van der Waals surface area contributed by atoms with Gasteiger partial charge in [-0.1, -0.05) is 47.1 Å². The third-order valence-electron chi connectivity index (χ3n) is 5.54. The normalized spacial score (nSPS) is 11.9. The summed E-state index contributed by atoms with van der Waals surface area (Å²) in [5, 5.41) is 12.7. The lowest BCUT2D eigenvalue weighted by molar-refractivity contribution is 0.592. The van der Waals surface area contributed by atoms with Gasteiger partial charge in [-0.15, -0.1) is 5.10 Å². The smallest absolute Gasteiger partial charge is 0.229 e. The van der Waals surface area contributed by atoms with E-state index in [1.165, 1.54) is 4.52 Å². The summed E-state index contributed by atoms with van der Waals surface area (Å²) in [4.78, 5) is 4.85. The van der Waals surface area contributed by atoms with Crippen molar-refractivity contribution >= 4 is 49.5 Å². The van der Waals surface area contributed by atoms with E-state index in [-0.39, 0.29) is 15.6 Å². The number of hydrogen-bond acceptors (Lipinski definition) is 6. The molecule has 7 nitrogen and oxygen atoms in total. The summed E-state index contributed by atoms with van der Waals surface area (Å²) in [7, 11) is -3.95. The summed E-state index contributed by atoms with van der Waals surface area (Å²) in [5.74, 6) is 0.484. The minimum absolute atomic E-state index is 0.148. The second-order valence-corrected chi connectivity index (χ2v) is 10.2. The number of aryl methyl sites for hydroxylation is 3. The van der Waals surface area contributed by atoms with Gasteiger partial charge in [0.05, 0.1) is 10.4 Å². The Kier molecular flexibility index (Phi) is 5.07. The first kappa shape index (κ1) is 21.4. The van der Waals surface area contributed by atoms with Crippen LogP contribution >= 0.6 is 11.6 Å². The lowest BCUT2D eigenvalue weighted by Crippen LogP contribution is -2.07. The first-order valence-corrected chi connectivity index (χ1v) is 12.1. The van der Waals surface area contributed by atoms with Crippen LogP contribution in [0.15, 0.2) is 70.6 Å². The molecule has 2 aromatic heterocycles. The predicted molar refractivity (Wildman–Crippen MR) is 129 cm³/mol. The largest absolute Gasteiger partial charge is 0.340 e. The Balaban J connectivity index is 1.75. The number of fused-ring (bicyclic) bond motifs is 3. The lowest BCUT2D eigenvalue weighted by atomic mass is 10.2. The second-order valence-electron chi connectivity index (χ2n) is 7.97. The van der Waals surface area contributed by atoms with Gasteiger partial charge in [0.1, 0.15) is 5.82 Å². The molecule has 0 bridgehead atoms. The third-order valence-corrected chi connectivity index (χ3v) is 7.74. The minimum atomic E-state index is -3.95. The van der Waals surface area contributed by atoms with E-state index < -0.39 is 9.84 Å². The highest BCUT2D eigenvalue weighted by molar-refractivity contribution is 7.91. The molecular weight excluding hydrogens is 458 g/mol. The summed E-state index contributed by atoms with van der Waals surface area (Å²) in [6.45, 7) is 5.53. The number of sulfone groups is 1. The van der Waals surface area contributed by atoms with Gasteiger partial charge < -0.3 is 5.32 Å². The maximum atomic E-state index is 13.6. The molecule has 5 rings (SSSR count). The molecule has 3 aromatic carbocycles. The van der Waals surface area contributed by atoms with Gasteiger partial charge in [0.25, 0.3) is 0 Å². The first-order chi connectivity index (χ1) is 15.8. The maximum absolute atomic E-state index is 13.6. The molecule has 0 aliphatic rings. The number of anilines is 2. The van der Waals surface area contributed by atoms with E-state index in [1.807, 2.05) is 56.3 Å². The first-order valence-electron chi connectivity index (χ1n) is 10.3. The van der Waals surface area contributed by atoms with E-state index in [0.717, 1.165) is 22.2 Å². The van der Waals surface area contributed by atoms with E-state index in [4.69, 9.17) is 11.6 Å². The van der Waals surface area contributed by atoms with Crippen molar-refractivity contribution in [2.45, 2.75) is 30.7 Å². The number of nitrogens with zero attached hydrogens (tertiary/aromatic N) is 4. The Hall–Kier alpha value is -3.49. The van der Waals surface area contributed by atoms with Gasteiger partial charge in [0.15, 0.2) is 5.65 Å². The third kappa shape index (κ3) is 3.61. The molecule has 0 aliphatic heterocycles. The van der Waals surface area contributed by atoms with Crippen LogP contribution in [0.25, 0.3) is 16.6 Å². The Morgan fingerprint density at radius 3 is 2.48 bits per heavy atom. The molecule has 0 saturated carbocycles. The summed E-state index contributed by atoms with van der Waals surface area (Å²) in [6, 6.07) is 18.4. The Morgan fingerprint density at radius 2 is 1.70 bits per heavy atom. The molecule has 0 amide bonds. The number of nitrogens with one attached hydrogen (secondary N) is 1. The average molecular weight is 478 g/mol. The van der Waals surface area contributed by atoms with Crippen LogP contribution in [0.2, 0.25) is 5.02 Å². The van der Waals surface area contributed by atoms with Gasteiger partial charge >= 0.3 is 0 Å². The number of aromatic nitrogens is 4. The van der Waals surface area contributed by atoms with Gasteiger partial charge in [0, 0.05) is 16.1 Å². The summed E-state index contributed by atoms with van der Waals surface area (Å²) >= 11 is 6.29. The molecule has 0 fully saturated rings. The number of para-hydroxylation sites is 1. The zero-order chi connectivity index (χ0) is 23.3. The molecule has 2 heterocycles. The molecule has 1 N–H and O–H groups in total. The van der Waals surface area contributed by atoms with Crippen LogP contribution in [0.1, 0.15) is 16.7 Å². The standard InChI is InChI=1S/C24H20ClN5O2S/c1-14-8-9-16(3)21(12-14)33(31,32)24-23-27-22(26-17-11-10-15(2)19(25)13-17)18-6-4-5-7-20(18)30(23)29-28-24/h4-13H,1-3H3,(H,26,27). The Bertz CT molecular complexity index is 1660. The van der Waals surface area contributed by atoms with Crippen LogP contribution < -0.4 is 5.32 Å². The highest BCUT2D eigenvalue weighted by Crippen LogP contribution is 2.31. The summed E-state index contributed by atoms with van der Waals surface area (Å²) in [6.07, 6.45) is 0. The zero-order valence-electron chi connectivity index (χ0n) is 18.2. The topological polar surface area (TPSA) is 89.2 Å². The molecule has 166 valence electrons. The summed E-state index contributed by atoms with van der Waals surface area (Å²) in [5.41, 5.74) is 3.99. The highest BCUT2D eigenvalue weighted by Gasteiger charge is 2.28. The molecule has 9 heteroatoms. The fraction of sp³-hybridized carbons (Fsp3) is 0.125. The number of hydrogen-bond donors (Lipinski definition) is 1. The van der Waals surface area contributed by atoms with Gasteiger partial charge in [-0.2, -0.15) is 4.52 Å². The maximum Gasteiger partial charge on any atom is 0.229 e. The molecule has 33 heavy (non-hydrogen) atoms. The molecule has 0 spiro atoms. The summed E-state index contributed by atoms with van der Waals surface area (Å²) < 4.78 is 28.6. The second kappa shape index (κ2) is 7.83. The lowest BCUT2D eigenvalue weighted by Gasteiger charge is -2.12. The molecule has 0 unspecified atom stereocenters. The van der Waals surface area contributed by atoms with Crippen molar-refractivity contribution in [2.24, 2.45) is 0 Å². The van der Waals surface area contributed by atoms with Crippen LogP contribution in [0.4, 0.5) is 11.5 Å². The quantitative estimate of drug-likeness (QED) is 0.371. The molecular formula is C24H20ClN5O2S. The van der Waals surface area contributed by atoms with E-state index in [0.29, 0.717) is 21.9 Å². The van der Waals surface area contributed by atoms with Gasteiger partial charge in [-0.05, 0) is 67.8 Å². The van der Waals surface area contributed by atoms with E-state index in [1.54, 1.807) is 25.1 Å². The van der Waals surface area contributed by atoms with Gasteiger partial charge in [-0.3, -0.25) is 0 Å². The monoisotopic (exact) mass is 477 g/mol. The van der Waals surface area contributed by atoms with Gasteiger partial charge in [0.2, 0.25) is 14.9 Å². The molecule has 0 saturated heterocycles. The van der Waals surface area contributed by atoms with Crippen LogP contribution in [0, 0.1) is 20.8 Å². The predicted octanol–water partition coefficient (Wildman–Crippen LogP) is 5.43. The van der Waals surface area contributed by atoms with Crippen LogP contribution in [0.3, 0.4) is 0 Å². The molecule has 0 radical (unpaired) electrons. The number of halogens is 1. The van der Waals surface area contributed by atoms with E-state index in [9.17, 15) is 8.42 Å². The zero-order valence-corrected chi connectivity index (χ0v) is 19.7. The van der Waals surface area contributed by atoms with Crippen molar-refractivity contribution < 1.29 is 8.42 Å². The fourth-order valence-corrected chi connectivity index (χ4v) is 5.46. The van der Waals surface area contributed by atoms with E-state index >= 15 is 0 Å². The van der Waals surface area contributed by atoms with Crippen molar-refractivity contribution in [3.63, 3.8) is 0 Å². The average Bonchev–Trinajstić information content (AvgIpc) is 3.23. The van der Waals surface area contributed by atoms with Gasteiger partial charge in [-0.25, -0.2) is 13.4 Å². The van der Waals surface area contributed by atoms with Crippen molar-refractivity contribution in [3.8, 4) is 0 Å². The van der Waals surface area contributed by atoms with Crippen molar-refractivity contribution in [1.29, 1.82) is 0 Å². The van der Waals surface area contributed by atoms with Crippen molar-refractivity contribution in [3.05, 3.63) is 82.4 Å². The molecule has 0 atom stereocenters. The number of benzene rings is 3. The Labute approximate surface area is 196 Å². The molecule has 5 aromatic rings. The van der Waals surface area contributed by atoms with Crippen molar-refractivity contribution in [1.82, 2.24) is 19.8 Å². The fourth-order valence-electron chi connectivity index (χ4n) is 3.72.